The van der Waals surface area contributed by atoms with Crippen molar-refractivity contribution < 1.29 is 24.4 Å². The topological polar surface area (TPSA) is 94.8 Å². The number of carbonyl (C=O) groups is 2. The van der Waals surface area contributed by atoms with Gasteiger partial charge in [-0.05, 0) is 18.5 Å². The molecule has 0 spiro atoms. The molecular formula is C7H16O5S3. The molecule has 0 aliphatic heterocycles. The molecule has 0 fully saturated rings. The predicted molar refractivity (Wildman–Crippen MR) is 68.4 cm³/mol. The highest BCUT2D eigenvalue weighted by molar-refractivity contribution is 7.93. The molecule has 15 heavy (non-hydrogen) atoms. The van der Waals surface area contributed by atoms with Gasteiger partial charge in [0.2, 0.25) is 0 Å². The summed E-state index contributed by atoms with van der Waals surface area (Å²) in [5, 5.41) is 15.3. The smallest absolute Gasteiger partial charge is 0.313 e. The lowest BCUT2D eigenvalue weighted by Gasteiger charge is -1.78. The summed E-state index contributed by atoms with van der Waals surface area (Å²) in [5.41, 5.74) is 0. The Labute approximate surface area is 104 Å². The van der Waals surface area contributed by atoms with Crippen LogP contribution in [0.2, 0.25) is 0 Å². The Hall–Kier alpha value is -0.0500. The second-order valence-corrected chi connectivity index (χ2v) is 3.24. The van der Waals surface area contributed by atoms with Crippen LogP contribution in [0.25, 0.3) is 0 Å². The average molecular weight is 276 g/mol. The summed E-state index contributed by atoms with van der Waals surface area (Å²) in [6.45, 7) is 2.03. The van der Waals surface area contributed by atoms with Gasteiger partial charge in [0.25, 0.3) is 0 Å². The van der Waals surface area contributed by atoms with Gasteiger partial charge in [-0.3, -0.25) is 9.59 Å². The van der Waals surface area contributed by atoms with Gasteiger partial charge in [0, 0.05) is 5.75 Å². The van der Waals surface area contributed by atoms with Crippen LogP contribution in [0, 0.1) is 0 Å². The zero-order chi connectivity index (χ0) is 12.7. The van der Waals surface area contributed by atoms with Gasteiger partial charge in [0.15, 0.2) is 0 Å². The Morgan fingerprint density at radius 2 is 1.40 bits per heavy atom. The number of aliphatic carboxylic acids is 2. The summed E-state index contributed by atoms with van der Waals surface area (Å²) < 4.78 is 7.98. The predicted octanol–water partition coefficient (Wildman–Crippen LogP) is 1.60. The number of thiol groups is 2. The van der Waals surface area contributed by atoms with Gasteiger partial charge in [-0.25, -0.2) is 0 Å². The molecule has 0 rings (SSSR count). The summed E-state index contributed by atoms with van der Waals surface area (Å²) in [5.74, 6) is -1.07. The van der Waals surface area contributed by atoms with Gasteiger partial charge < -0.3 is 14.8 Å². The fourth-order valence-electron chi connectivity index (χ4n) is 0.0913. The van der Waals surface area contributed by atoms with E-state index in [0.717, 1.165) is 24.2 Å². The maximum atomic E-state index is 9.29. The van der Waals surface area contributed by atoms with Gasteiger partial charge >= 0.3 is 11.9 Å². The highest BCUT2D eigenvalue weighted by Crippen LogP contribution is 1.90. The van der Waals surface area contributed by atoms with Gasteiger partial charge in [0.05, 0.1) is 11.5 Å². The first-order valence-electron chi connectivity index (χ1n) is 3.87. The van der Waals surface area contributed by atoms with E-state index in [0.29, 0.717) is 0 Å². The SMILES string of the molecule is CCCSO.O=C(O)CS.O=C(O)CS. The molecule has 0 aromatic heterocycles. The lowest BCUT2D eigenvalue weighted by atomic mass is 10.6. The second kappa shape index (κ2) is 19.5. The van der Waals surface area contributed by atoms with Crippen LogP contribution in [0.3, 0.4) is 0 Å². The van der Waals surface area contributed by atoms with Crippen molar-refractivity contribution in [3.63, 3.8) is 0 Å². The van der Waals surface area contributed by atoms with Crippen LogP contribution < -0.4 is 0 Å². The van der Waals surface area contributed by atoms with Gasteiger partial charge in [-0.1, -0.05) is 6.92 Å². The van der Waals surface area contributed by atoms with Crippen molar-refractivity contribution in [3.8, 4) is 0 Å². The number of hydrogen-bond donors (Lipinski definition) is 5. The lowest BCUT2D eigenvalue weighted by Crippen LogP contribution is -1.92. The van der Waals surface area contributed by atoms with E-state index in [4.69, 9.17) is 14.8 Å². The lowest BCUT2D eigenvalue weighted by molar-refractivity contribution is -0.134. The number of rotatable bonds is 4. The molecule has 0 heterocycles. The number of carboxylic acids is 2. The summed E-state index contributed by atoms with van der Waals surface area (Å²) in [4.78, 5) is 18.6. The molecule has 3 N–H and O–H groups in total. The van der Waals surface area contributed by atoms with Gasteiger partial charge in [-0.15, -0.1) is 0 Å². The first-order valence-corrected chi connectivity index (χ1v) is 6.08. The first kappa shape index (κ1) is 20.4. The minimum absolute atomic E-state index is 0.0833. The van der Waals surface area contributed by atoms with E-state index in [2.05, 4.69) is 25.3 Å². The second-order valence-electron chi connectivity index (χ2n) is 1.94. The molecule has 0 aromatic rings. The molecule has 92 valence electrons. The molecule has 0 unspecified atom stereocenters. The van der Waals surface area contributed by atoms with Crippen LogP contribution in [-0.4, -0.2) is 44.0 Å². The third-order valence-corrected chi connectivity index (χ3v) is 1.70. The highest BCUT2D eigenvalue weighted by Gasteiger charge is 1.82. The number of carboxylic acid groups (broad SMARTS) is 2. The van der Waals surface area contributed by atoms with Crippen LogP contribution in [0.15, 0.2) is 0 Å². The largest absolute Gasteiger partial charge is 0.481 e. The Bertz CT molecular complexity index is 138. The molecule has 0 saturated carbocycles. The molecule has 0 aliphatic rings. The van der Waals surface area contributed by atoms with Crippen molar-refractivity contribution in [3.05, 3.63) is 0 Å². The molecule has 0 atom stereocenters. The zero-order valence-electron chi connectivity index (χ0n) is 8.29. The van der Waals surface area contributed by atoms with E-state index in [1.807, 2.05) is 6.92 Å². The zero-order valence-corrected chi connectivity index (χ0v) is 10.9. The average Bonchev–Trinajstić information content (AvgIpc) is 2.20. The molecule has 0 bridgehead atoms. The van der Waals surface area contributed by atoms with Crippen LogP contribution in [-0.2, 0) is 9.59 Å². The van der Waals surface area contributed by atoms with Crippen molar-refractivity contribution >= 4 is 49.2 Å². The van der Waals surface area contributed by atoms with E-state index < -0.39 is 11.9 Å². The molecule has 0 aromatic carbocycles. The molecule has 5 nitrogen and oxygen atoms in total. The Kier molecular flexibility index (Phi) is 26.5. The standard InChI is InChI=1S/C3H8OS.2C2H4O2S/c1-2-3-5-4;2*3-2(4)1-5/h4H,2-3H2,1H3;2*5H,1H2,(H,3,4). The quantitative estimate of drug-likeness (QED) is 0.395. The van der Waals surface area contributed by atoms with Crippen LogP contribution in [0.5, 0.6) is 0 Å². The van der Waals surface area contributed by atoms with Crippen LogP contribution >= 0.6 is 37.3 Å². The third-order valence-electron chi connectivity index (χ3n) is 0.566. The van der Waals surface area contributed by atoms with E-state index in [1.54, 1.807) is 0 Å². The molecule has 0 saturated heterocycles. The maximum absolute atomic E-state index is 9.29. The fraction of sp³-hybridized carbons (Fsp3) is 0.714. The maximum Gasteiger partial charge on any atom is 0.313 e. The van der Waals surface area contributed by atoms with E-state index in [1.165, 1.54) is 0 Å². The first-order chi connectivity index (χ1) is 6.95. The van der Waals surface area contributed by atoms with Gasteiger partial charge in [0.1, 0.15) is 0 Å². The van der Waals surface area contributed by atoms with Crippen molar-refractivity contribution in [1.29, 1.82) is 0 Å². The normalized spacial score (nSPS) is 7.73. The Balaban J connectivity index is -0.000000144. The summed E-state index contributed by atoms with van der Waals surface area (Å²) in [6, 6.07) is 0. The third kappa shape index (κ3) is 56.3. The van der Waals surface area contributed by atoms with Crippen LogP contribution in [0.1, 0.15) is 13.3 Å². The highest BCUT2D eigenvalue weighted by atomic mass is 32.2. The van der Waals surface area contributed by atoms with Crippen molar-refractivity contribution in [2.45, 2.75) is 13.3 Å². The van der Waals surface area contributed by atoms with E-state index in [-0.39, 0.29) is 11.5 Å². The molecular weight excluding hydrogens is 260 g/mol. The Morgan fingerprint density at radius 1 is 1.13 bits per heavy atom. The summed E-state index contributed by atoms with van der Waals surface area (Å²) >= 11 is 7.73. The minimum atomic E-state index is -0.881. The minimum Gasteiger partial charge on any atom is -0.481 e. The molecule has 0 radical (unpaired) electrons. The van der Waals surface area contributed by atoms with Crippen molar-refractivity contribution in [2.75, 3.05) is 17.3 Å². The Morgan fingerprint density at radius 3 is 1.40 bits per heavy atom. The van der Waals surface area contributed by atoms with Gasteiger partial charge in [-0.2, -0.15) is 25.3 Å². The van der Waals surface area contributed by atoms with Crippen molar-refractivity contribution in [2.24, 2.45) is 0 Å². The molecule has 0 amide bonds. The van der Waals surface area contributed by atoms with E-state index >= 15 is 0 Å². The fourth-order valence-corrected chi connectivity index (χ4v) is 0.274. The molecule has 0 aliphatic carbocycles. The summed E-state index contributed by atoms with van der Waals surface area (Å²) in [7, 11) is 0. The number of hydrogen-bond acceptors (Lipinski definition) is 6. The molecule has 8 heteroatoms. The monoisotopic (exact) mass is 276 g/mol. The summed E-state index contributed by atoms with van der Waals surface area (Å²) in [6.07, 6.45) is 1.06. The van der Waals surface area contributed by atoms with Crippen LogP contribution in [0.4, 0.5) is 0 Å². The van der Waals surface area contributed by atoms with E-state index in [9.17, 15) is 9.59 Å². The van der Waals surface area contributed by atoms with Crippen molar-refractivity contribution in [1.82, 2.24) is 0 Å².